The van der Waals surface area contributed by atoms with E-state index in [0.717, 1.165) is 46.5 Å². The lowest BCUT2D eigenvalue weighted by atomic mass is 9.48. The van der Waals surface area contributed by atoms with Gasteiger partial charge in [0.25, 0.3) is 0 Å². The van der Waals surface area contributed by atoms with Crippen molar-refractivity contribution in [1.29, 1.82) is 0 Å². The lowest BCUT2D eigenvalue weighted by Crippen LogP contribution is -2.49. The van der Waals surface area contributed by atoms with Crippen LogP contribution in [-0.4, -0.2) is 27.7 Å². The molecular formula is C33H42O4Si. The summed E-state index contributed by atoms with van der Waals surface area (Å²) in [6.45, 7) is 11.5. The molecule has 0 heterocycles. The molecule has 0 aromatic heterocycles. The topological polar surface area (TPSA) is 52.6 Å². The second kappa shape index (κ2) is 9.82. The van der Waals surface area contributed by atoms with Crippen molar-refractivity contribution in [1.82, 2.24) is 0 Å². The number of methoxy groups -OCH3 is 1. The summed E-state index contributed by atoms with van der Waals surface area (Å²) in [4.78, 5) is 23.7. The molecule has 0 unspecified atom stereocenters. The van der Waals surface area contributed by atoms with E-state index in [-0.39, 0.29) is 10.5 Å². The Hall–Kier alpha value is -2.66. The first-order valence-electron chi connectivity index (χ1n) is 14.1. The fourth-order valence-electron chi connectivity index (χ4n) is 7.35. The Bertz CT molecular complexity index is 1230. The molecule has 0 saturated heterocycles. The zero-order valence-corrected chi connectivity index (χ0v) is 24.8. The Morgan fingerprint density at radius 1 is 0.974 bits per heavy atom. The lowest BCUT2D eigenvalue weighted by molar-refractivity contribution is -0.134. The summed E-state index contributed by atoms with van der Waals surface area (Å²) in [6.07, 6.45) is 11.9. The minimum absolute atomic E-state index is 0.114. The van der Waals surface area contributed by atoms with Crippen LogP contribution >= 0.6 is 0 Å². The Morgan fingerprint density at radius 3 is 2.16 bits per heavy atom. The van der Waals surface area contributed by atoms with Crippen molar-refractivity contribution >= 4 is 26.6 Å². The van der Waals surface area contributed by atoms with Crippen molar-refractivity contribution in [2.45, 2.75) is 82.8 Å². The highest BCUT2D eigenvalue weighted by Crippen LogP contribution is 2.62. The molecule has 0 N–H and O–H groups in total. The molecule has 0 amide bonds. The Morgan fingerprint density at radius 2 is 1.61 bits per heavy atom. The normalized spacial score (nSPS) is 26.5. The first-order chi connectivity index (χ1) is 17.9. The maximum absolute atomic E-state index is 12.2. The van der Waals surface area contributed by atoms with E-state index in [2.05, 4.69) is 52.1 Å². The van der Waals surface area contributed by atoms with Crippen molar-refractivity contribution in [3.05, 3.63) is 59.2 Å². The zero-order chi connectivity index (χ0) is 27.3. The van der Waals surface area contributed by atoms with Gasteiger partial charge in [-0.15, -0.1) is 0 Å². The molecule has 4 fully saturated rings. The van der Waals surface area contributed by atoms with Gasteiger partial charge in [0.05, 0.1) is 7.11 Å². The summed E-state index contributed by atoms with van der Waals surface area (Å²) in [7, 11) is -0.683. The van der Waals surface area contributed by atoms with E-state index in [4.69, 9.17) is 9.16 Å². The highest BCUT2D eigenvalue weighted by Gasteiger charge is 2.53. The van der Waals surface area contributed by atoms with Crippen LogP contribution in [0.15, 0.2) is 42.5 Å². The van der Waals surface area contributed by atoms with Gasteiger partial charge in [0.2, 0.25) is 8.32 Å². The number of esters is 1. The molecule has 6 rings (SSSR count). The smallest absolute Gasteiger partial charge is 0.330 e. The van der Waals surface area contributed by atoms with Crippen LogP contribution in [0, 0.1) is 17.8 Å². The van der Waals surface area contributed by atoms with Gasteiger partial charge >= 0.3 is 5.97 Å². The molecule has 2 aromatic carbocycles. The summed E-state index contributed by atoms with van der Waals surface area (Å²) in [5.41, 5.74) is 4.92. The average molecular weight is 531 g/mol. The van der Waals surface area contributed by atoms with E-state index in [1.54, 1.807) is 6.08 Å². The number of ether oxygens (including phenoxy) is 1. The first-order valence-corrected chi connectivity index (χ1v) is 17.0. The van der Waals surface area contributed by atoms with Gasteiger partial charge in [-0.05, 0) is 126 Å². The van der Waals surface area contributed by atoms with Crippen molar-refractivity contribution in [2.24, 2.45) is 17.8 Å². The molecule has 0 radical (unpaired) electrons. The third-order valence-electron chi connectivity index (χ3n) is 9.89. The maximum atomic E-state index is 12.2. The molecular weight excluding hydrogens is 488 g/mol. The standard InChI is InChI=1S/C33H42O4Si/c1-32(2,3)38(5,6)37-30-11-9-26(28-10-7-22(16-27(28)21-34)8-12-31(35)36-4)17-29(30)33-18-23-13-24(19-33)15-25(14-23)20-33/h7-12,16-17,21,23-25H,13-15,18-20H2,1-6H3. The van der Waals surface area contributed by atoms with Crippen molar-refractivity contribution in [3.63, 3.8) is 0 Å². The van der Waals surface area contributed by atoms with Crippen LogP contribution in [0.25, 0.3) is 17.2 Å². The van der Waals surface area contributed by atoms with E-state index >= 15 is 0 Å². The van der Waals surface area contributed by atoms with Gasteiger partial charge in [0, 0.05) is 11.6 Å². The van der Waals surface area contributed by atoms with E-state index in [0.29, 0.717) is 5.56 Å². The van der Waals surface area contributed by atoms with E-state index in [1.807, 2.05) is 18.2 Å². The molecule has 0 atom stereocenters. The fraction of sp³-hybridized carbons (Fsp3) is 0.515. The predicted octanol–water partition coefficient (Wildman–Crippen LogP) is 8.20. The highest BCUT2D eigenvalue weighted by atomic mass is 28.4. The second-order valence-corrected chi connectivity index (χ2v) is 18.3. The summed E-state index contributed by atoms with van der Waals surface area (Å²) >= 11 is 0. The first kappa shape index (κ1) is 26.9. The largest absolute Gasteiger partial charge is 0.543 e. The number of aldehydes is 1. The summed E-state index contributed by atoms with van der Waals surface area (Å²) in [6, 6.07) is 12.4. The molecule has 0 aliphatic heterocycles. The predicted molar refractivity (Wildman–Crippen MR) is 156 cm³/mol. The summed E-state index contributed by atoms with van der Waals surface area (Å²) < 4.78 is 11.7. The van der Waals surface area contributed by atoms with E-state index < -0.39 is 14.3 Å². The maximum Gasteiger partial charge on any atom is 0.330 e. The van der Waals surface area contributed by atoms with Crippen LogP contribution in [0.1, 0.15) is 80.8 Å². The zero-order valence-electron chi connectivity index (χ0n) is 23.8. The van der Waals surface area contributed by atoms with Crippen LogP contribution in [0.5, 0.6) is 5.75 Å². The molecule has 4 nitrogen and oxygen atoms in total. The van der Waals surface area contributed by atoms with Crippen LogP contribution < -0.4 is 4.43 Å². The van der Waals surface area contributed by atoms with Gasteiger partial charge in [-0.25, -0.2) is 4.79 Å². The van der Waals surface area contributed by atoms with Crippen LogP contribution in [0.3, 0.4) is 0 Å². The SMILES string of the molecule is COC(=O)C=Cc1ccc(-c2ccc(O[Si](C)(C)C(C)(C)C)c(C34CC5CC(CC(C5)C3)C4)c2)c(C=O)c1. The molecule has 4 aliphatic rings. The van der Waals surface area contributed by atoms with Gasteiger partial charge in [0.1, 0.15) is 5.75 Å². The Labute approximate surface area is 228 Å². The number of hydrogen-bond acceptors (Lipinski definition) is 4. The molecule has 4 saturated carbocycles. The third-order valence-corrected chi connectivity index (χ3v) is 14.2. The molecule has 38 heavy (non-hydrogen) atoms. The fourth-order valence-corrected chi connectivity index (χ4v) is 8.38. The van der Waals surface area contributed by atoms with Gasteiger partial charge in [-0.1, -0.05) is 39.0 Å². The second-order valence-electron chi connectivity index (χ2n) is 13.6. The Balaban J connectivity index is 1.59. The van der Waals surface area contributed by atoms with Gasteiger partial charge in [0.15, 0.2) is 6.29 Å². The van der Waals surface area contributed by atoms with E-state index in [1.165, 1.54) is 57.3 Å². The average Bonchev–Trinajstić information content (AvgIpc) is 2.85. The summed E-state index contributed by atoms with van der Waals surface area (Å²) in [5.74, 6) is 3.14. The molecule has 4 bridgehead atoms. The number of carbonyl (C=O) groups excluding carboxylic acids is 2. The highest BCUT2D eigenvalue weighted by molar-refractivity contribution is 6.74. The number of benzene rings is 2. The van der Waals surface area contributed by atoms with Crippen molar-refractivity contribution < 1.29 is 18.8 Å². The number of rotatable bonds is 7. The Kier molecular flexibility index (Phi) is 6.96. The van der Waals surface area contributed by atoms with Crippen molar-refractivity contribution in [3.8, 4) is 16.9 Å². The van der Waals surface area contributed by atoms with Crippen LogP contribution in [0.2, 0.25) is 18.1 Å². The quantitative estimate of drug-likeness (QED) is 0.157. The monoisotopic (exact) mass is 530 g/mol. The molecule has 202 valence electrons. The van der Waals surface area contributed by atoms with Gasteiger partial charge in [-0.3, -0.25) is 4.79 Å². The summed E-state index contributed by atoms with van der Waals surface area (Å²) in [5, 5.41) is 0.114. The molecule has 4 aliphatic carbocycles. The van der Waals surface area contributed by atoms with Gasteiger partial charge in [-0.2, -0.15) is 0 Å². The van der Waals surface area contributed by atoms with Crippen LogP contribution in [-0.2, 0) is 14.9 Å². The minimum Gasteiger partial charge on any atom is -0.543 e. The van der Waals surface area contributed by atoms with Crippen molar-refractivity contribution in [2.75, 3.05) is 7.11 Å². The third kappa shape index (κ3) is 5.02. The minimum atomic E-state index is -2.04. The van der Waals surface area contributed by atoms with Gasteiger partial charge < -0.3 is 9.16 Å². The number of carbonyl (C=O) groups is 2. The molecule has 2 aromatic rings. The number of hydrogen-bond donors (Lipinski definition) is 0. The van der Waals surface area contributed by atoms with E-state index in [9.17, 15) is 9.59 Å². The van der Waals surface area contributed by atoms with Crippen LogP contribution in [0.4, 0.5) is 0 Å². The molecule has 0 spiro atoms. The lowest BCUT2D eigenvalue weighted by Gasteiger charge is -2.57. The molecule has 5 heteroatoms.